The highest BCUT2D eigenvalue weighted by Crippen LogP contribution is 2.23. The number of amides is 1. The van der Waals surface area contributed by atoms with E-state index in [2.05, 4.69) is 5.32 Å². The van der Waals surface area contributed by atoms with Crippen molar-refractivity contribution in [1.29, 1.82) is 0 Å². The number of hydrogen-bond donors (Lipinski definition) is 1. The molecule has 0 aliphatic carbocycles. The maximum Gasteiger partial charge on any atom is 0.348 e. The fraction of sp³-hybridized carbons (Fsp3) is 0.150. The van der Waals surface area contributed by atoms with Crippen LogP contribution in [0.3, 0.4) is 0 Å². The summed E-state index contributed by atoms with van der Waals surface area (Å²) in [5, 5.41) is 3.15. The van der Waals surface area contributed by atoms with Crippen molar-refractivity contribution < 1.29 is 28.3 Å². The third-order valence-electron chi connectivity index (χ3n) is 3.63. The third kappa shape index (κ3) is 4.86. The van der Waals surface area contributed by atoms with Gasteiger partial charge in [0, 0.05) is 0 Å². The first kappa shape index (κ1) is 19.4. The molecule has 1 amide bonds. The van der Waals surface area contributed by atoms with Gasteiger partial charge < -0.3 is 19.2 Å². The summed E-state index contributed by atoms with van der Waals surface area (Å²) in [6.45, 7) is 1.60. The van der Waals surface area contributed by atoms with Crippen LogP contribution in [0.25, 0.3) is 0 Å². The maximum absolute atomic E-state index is 12.1. The van der Waals surface area contributed by atoms with E-state index in [0.29, 0.717) is 21.2 Å². The Labute approximate surface area is 164 Å². The van der Waals surface area contributed by atoms with Crippen LogP contribution in [0.1, 0.15) is 37.5 Å². The largest absolute Gasteiger partial charge is 0.489 e. The van der Waals surface area contributed by atoms with Gasteiger partial charge in [-0.1, -0.05) is 12.1 Å². The van der Waals surface area contributed by atoms with Crippen molar-refractivity contribution in [2.24, 2.45) is 0 Å². The molecule has 0 aliphatic rings. The van der Waals surface area contributed by atoms with Crippen LogP contribution >= 0.6 is 11.3 Å². The van der Waals surface area contributed by atoms with Gasteiger partial charge in [0.25, 0.3) is 5.91 Å². The molecule has 7 nitrogen and oxygen atoms in total. The molecule has 0 spiro atoms. The average Bonchev–Trinajstić information content (AvgIpc) is 3.37. The summed E-state index contributed by atoms with van der Waals surface area (Å²) < 4.78 is 15.7. The van der Waals surface area contributed by atoms with Crippen LogP contribution in [0.2, 0.25) is 0 Å². The zero-order chi connectivity index (χ0) is 19.9. The van der Waals surface area contributed by atoms with Crippen molar-refractivity contribution in [2.75, 3.05) is 18.5 Å². The van der Waals surface area contributed by atoms with Crippen molar-refractivity contribution in [3.63, 3.8) is 0 Å². The first-order chi connectivity index (χ1) is 13.5. The van der Waals surface area contributed by atoms with Gasteiger partial charge in [0.1, 0.15) is 23.8 Å². The van der Waals surface area contributed by atoms with Crippen LogP contribution in [0.5, 0.6) is 5.75 Å². The Morgan fingerprint density at radius 3 is 2.61 bits per heavy atom. The highest BCUT2D eigenvalue weighted by atomic mass is 32.1. The van der Waals surface area contributed by atoms with E-state index in [0.717, 1.165) is 11.3 Å². The van der Waals surface area contributed by atoms with Crippen molar-refractivity contribution in [3.05, 3.63) is 71.0 Å². The van der Waals surface area contributed by atoms with Crippen LogP contribution in [0, 0.1) is 0 Å². The quantitative estimate of drug-likeness (QED) is 0.349. The van der Waals surface area contributed by atoms with Gasteiger partial charge >= 0.3 is 5.97 Å². The second-order valence-electron chi connectivity index (χ2n) is 5.63. The highest BCUT2D eigenvalue weighted by Gasteiger charge is 2.14. The molecule has 0 saturated carbocycles. The Kier molecular flexibility index (Phi) is 6.23. The number of hydrogen-bond acceptors (Lipinski definition) is 7. The Morgan fingerprint density at radius 2 is 1.86 bits per heavy atom. The number of nitrogens with one attached hydrogen (secondary N) is 1. The van der Waals surface area contributed by atoms with E-state index in [1.807, 2.05) is 0 Å². The number of benzene rings is 1. The Balaban J connectivity index is 1.47. The molecule has 0 aliphatic heterocycles. The van der Waals surface area contributed by atoms with Crippen molar-refractivity contribution >= 4 is 34.0 Å². The highest BCUT2D eigenvalue weighted by molar-refractivity contribution is 7.18. The van der Waals surface area contributed by atoms with Crippen molar-refractivity contribution in [2.45, 2.75) is 6.92 Å². The van der Waals surface area contributed by atoms with E-state index in [1.54, 1.807) is 48.5 Å². The number of rotatable bonds is 8. The number of Topliss-reactive ketones (excluding diaryl/α,β-unsaturated/α-hetero) is 1. The van der Waals surface area contributed by atoms with Crippen molar-refractivity contribution in [3.8, 4) is 5.75 Å². The third-order valence-corrected chi connectivity index (χ3v) is 4.61. The summed E-state index contributed by atoms with van der Waals surface area (Å²) in [4.78, 5) is 35.9. The molecule has 8 heteroatoms. The van der Waals surface area contributed by atoms with Crippen LogP contribution < -0.4 is 10.1 Å². The minimum absolute atomic E-state index is 0.0249. The van der Waals surface area contributed by atoms with Crippen LogP contribution in [0.4, 0.5) is 5.00 Å². The molecular formula is C20H17NO6S. The molecule has 3 aromatic rings. The van der Waals surface area contributed by atoms with E-state index < -0.39 is 11.9 Å². The Hall–Kier alpha value is -3.39. The molecule has 28 heavy (non-hydrogen) atoms. The van der Waals surface area contributed by atoms with Gasteiger partial charge in [-0.05, 0) is 43.3 Å². The van der Waals surface area contributed by atoms with Gasteiger partial charge in [-0.3, -0.25) is 9.59 Å². The summed E-state index contributed by atoms with van der Waals surface area (Å²) in [7, 11) is 0. The topological polar surface area (TPSA) is 94.8 Å². The lowest BCUT2D eigenvalue weighted by atomic mass is 10.1. The van der Waals surface area contributed by atoms with Crippen molar-refractivity contribution in [1.82, 2.24) is 0 Å². The summed E-state index contributed by atoms with van der Waals surface area (Å²) in [6, 6.07) is 13.2. The predicted molar refractivity (Wildman–Crippen MR) is 103 cm³/mol. The van der Waals surface area contributed by atoms with E-state index >= 15 is 0 Å². The molecular weight excluding hydrogens is 382 g/mol. The first-order valence-electron chi connectivity index (χ1n) is 8.39. The molecule has 0 bridgehead atoms. The van der Waals surface area contributed by atoms with Crippen LogP contribution in [0.15, 0.2) is 59.2 Å². The van der Waals surface area contributed by atoms with Gasteiger partial charge in [-0.2, -0.15) is 0 Å². The van der Waals surface area contributed by atoms with Gasteiger partial charge in [0.05, 0.1) is 16.8 Å². The van der Waals surface area contributed by atoms with Crippen LogP contribution in [-0.2, 0) is 4.74 Å². The lowest BCUT2D eigenvalue weighted by molar-refractivity contribution is 0.0454. The summed E-state index contributed by atoms with van der Waals surface area (Å²) >= 11 is 1.09. The number of carbonyl (C=O) groups is 3. The molecule has 2 aromatic heterocycles. The summed E-state index contributed by atoms with van der Waals surface area (Å²) in [5.74, 6) is -0.392. The van der Waals surface area contributed by atoms with Gasteiger partial charge in [-0.15, -0.1) is 11.3 Å². The minimum atomic E-state index is -0.521. The summed E-state index contributed by atoms with van der Waals surface area (Å²) in [5.41, 5.74) is 0.476. The number of anilines is 1. The zero-order valence-corrected chi connectivity index (χ0v) is 15.8. The maximum atomic E-state index is 12.1. The number of furan rings is 1. The molecule has 0 atom stereocenters. The molecule has 1 N–H and O–H groups in total. The van der Waals surface area contributed by atoms with E-state index in [1.165, 1.54) is 13.2 Å². The van der Waals surface area contributed by atoms with Gasteiger partial charge in [0.2, 0.25) is 0 Å². The molecule has 0 saturated heterocycles. The SMILES string of the molecule is CC(=O)c1ccccc1OCCOC(=O)c1ccc(NC(=O)c2ccco2)s1. The monoisotopic (exact) mass is 399 g/mol. The van der Waals surface area contributed by atoms with Gasteiger partial charge in [0.15, 0.2) is 11.5 Å². The number of esters is 1. The number of thiophene rings is 1. The first-order valence-corrected chi connectivity index (χ1v) is 9.21. The fourth-order valence-corrected chi connectivity index (χ4v) is 3.13. The molecule has 2 heterocycles. The van der Waals surface area contributed by atoms with Gasteiger partial charge in [-0.25, -0.2) is 4.79 Å². The molecule has 0 fully saturated rings. The second kappa shape index (κ2) is 9.01. The number of ketones is 1. The van der Waals surface area contributed by atoms with E-state index in [4.69, 9.17) is 13.9 Å². The lowest BCUT2D eigenvalue weighted by Gasteiger charge is -2.09. The Bertz CT molecular complexity index is 976. The number of ether oxygens (including phenoxy) is 2. The zero-order valence-electron chi connectivity index (χ0n) is 15.0. The number of para-hydroxylation sites is 1. The second-order valence-corrected chi connectivity index (χ2v) is 6.72. The Morgan fingerprint density at radius 1 is 1.04 bits per heavy atom. The normalized spacial score (nSPS) is 10.3. The number of carbonyl (C=O) groups excluding carboxylic acids is 3. The predicted octanol–water partition coefficient (Wildman–Crippen LogP) is 4.03. The molecule has 0 unspecified atom stereocenters. The fourth-order valence-electron chi connectivity index (χ4n) is 2.34. The van der Waals surface area contributed by atoms with Crippen LogP contribution in [-0.4, -0.2) is 30.9 Å². The lowest BCUT2D eigenvalue weighted by Crippen LogP contribution is -2.12. The molecule has 0 radical (unpaired) electrons. The smallest absolute Gasteiger partial charge is 0.348 e. The standard InChI is InChI=1S/C20H17NO6S/c1-13(22)14-5-2-3-6-15(14)26-11-12-27-20(24)17-8-9-18(28-17)21-19(23)16-7-4-10-25-16/h2-10H,11-12H2,1H3,(H,21,23). The summed E-state index contributed by atoms with van der Waals surface area (Å²) in [6.07, 6.45) is 1.41. The van der Waals surface area contributed by atoms with E-state index in [9.17, 15) is 14.4 Å². The van der Waals surface area contributed by atoms with E-state index in [-0.39, 0.29) is 24.8 Å². The molecule has 1 aromatic carbocycles. The minimum Gasteiger partial charge on any atom is -0.489 e. The molecule has 144 valence electrons. The molecule has 3 rings (SSSR count). The average molecular weight is 399 g/mol.